The number of halogens is 1. The number of nitrogens with one attached hydrogen (secondary N) is 1. The fourth-order valence-electron chi connectivity index (χ4n) is 4.15. The van der Waals surface area contributed by atoms with Gasteiger partial charge in [-0.25, -0.2) is 4.39 Å². The van der Waals surface area contributed by atoms with Crippen LogP contribution >= 0.6 is 0 Å². The van der Waals surface area contributed by atoms with Gasteiger partial charge in [0, 0.05) is 50.6 Å². The monoisotopic (exact) mass is 435 g/mol. The van der Waals surface area contributed by atoms with Gasteiger partial charge in [0.15, 0.2) is 5.82 Å². The number of benzene rings is 2. The van der Waals surface area contributed by atoms with Crippen LogP contribution in [0.3, 0.4) is 0 Å². The zero-order valence-electron chi connectivity index (χ0n) is 18.7. The summed E-state index contributed by atoms with van der Waals surface area (Å²) < 4.78 is 21.4. The van der Waals surface area contributed by atoms with Crippen molar-refractivity contribution in [2.24, 2.45) is 0 Å². The number of amides is 2. The van der Waals surface area contributed by atoms with Gasteiger partial charge < -0.3 is 19.5 Å². The molecule has 0 aliphatic carbocycles. The van der Waals surface area contributed by atoms with Gasteiger partial charge in [-0.15, -0.1) is 0 Å². The van der Waals surface area contributed by atoms with E-state index < -0.39 is 5.82 Å². The molecule has 2 heterocycles. The van der Waals surface area contributed by atoms with Crippen LogP contribution in [-0.4, -0.2) is 60.9 Å². The standard InChI is InChI=1S/C25H26FN3O3/c1-15(30)29-11-7-8-16(14-29)18-12-19(17-9-5-6-10-22(17)32-4)20-13-21(25(31)28(2)3)27-24(20)23(18)26/h5-6,8-10,12-13,27H,7,11,14H2,1-4H3. The lowest BCUT2D eigenvalue weighted by Gasteiger charge is -2.27. The first-order valence-electron chi connectivity index (χ1n) is 10.5. The summed E-state index contributed by atoms with van der Waals surface area (Å²) in [5.41, 5.74) is 3.27. The summed E-state index contributed by atoms with van der Waals surface area (Å²) in [5, 5.41) is 0.598. The van der Waals surface area contributed by atoms with Gasteiger partial charge >= 0.3 is 0 Å². The van der Waals surface area contributed by atoms with Crippen molar-refractivity contribution in [3.63, 3.8) is 0 Å². The van der Waals surface area contributed by atoms with Gasteiger partial charge in [-0.2, -0.15) is 0 Å². The number of para-hydroxylation sites is 1. The molecule has 0 bridgehead atoms. The number of H-pyrrole nitrogens is 1. The summed E-state index contributed by atoms with van der Waals surface area (Å²) in [7, 11) is 4.90. The summed E-state index contributed by atoms with van der Waals surface area (Å²) in [6, 6.07) is 11.0. The highest BCUT2D eigenvalue weighted by Gasteiger charge is 2.24. The molecular formula is C25H26FN3O3. The molecule has 0 saturated heterocycles. The van der Waals surface area contributed by atoms with E-state index >= 15 is 4.39 Å². The van der Waals surface area contributed by atoms with Crippen LogP contribution in [0, 0.1) is 5.82 Å². The van der Waals surface area contributed by atoms with E-state index in [0.717, 1.165) is 16.7 Å². The third kappa shape index (κ3) is 3.75. The maximum atomic E-state index is 15.8. The zero-order chi connectivity index (χ0) is 23.0. The van der Waals surface area contributed by atoms with E-state index in [4.69, 9.17) is 4.74 Å². The van der Waals surface area contributed by atoms with E-state index in [2.05, 4.69) is 4.98 Å². The molecule has 0 fully saturated rings. The molecule has 0 radical (unpaired) electrons. The number of carbonyl (C=O) groups is 2. The topological polar surface area (TPSA) is 65.6 Å². The van der Waals surface area contributed by atoms with E-state index in [-0.39, 0.29) is 17.3 Å². The lowest BCUT2D eigenvalue weighted by atomic mass is 9.93. The molecule has 1 aromatic heterocycles. The van der Waals surface area contributed by atoms with E-state index in [9.17, 15) is 9.59 Å². The number of methoxy groups -OCH3 is 1. The van der Waals surface area contributed by atoms with Gasteiger partial charge in [0.05, 0.1) is 12.6 Å². The van der Waals surface area contributed by atoms with Crippen LogP contribution in [0.25, 0.3) is 27.6 Å². The molecule has 2 amide bonds. The minimum Gasteiger partial charge on any atom is -0.496 e. The average Bonchev–Trinajstić information content (AvgIpc) is 3.25. The fraction of sp³-hybridized carbons (Fsp3) is 0.280. The Balaban J connectivity index is 1.98. The van der Waals surface area contributed by atoms with Crippen molar-refractivity contribution in [3.8, 4) is 16.9 Å². The predicted molar refractivity (Wildman–Crippen MR) is 123 cm³/mol. The Bertz CT molecular complexity index is 1240. The van der Waals surface area contributed by atoms with Crippen LogP contribution in [0.5, 0.6) is 5.75 Å². The van der Waals surface area contributed by atoms with Crippen LogP contribution in [-0.2, 0) is 4.79 Å². The number of ether oxygens (including phenoxy) is 1. The molecular weight excluding hydrogens is 409 g/mol. The van der Waals surface area contributed by atoms with E-state index in [0.29, 0.717) is 41.9 Å². The molecule has 0 spiro atoms. The number of carbonyl (C=O) groups excluding carboxylic acids is 2. The van der Waals surface area contributed by atoms with Crippen LogP contribution in [0.2, 0.25) is 0 Å². The molecule has 4 rings (SSSR count). The van der Waals surface area contributed by atoms with Crippen molar-refractivity contribution in [3.05, 3.63) is 59.5 Å². The Morgan fingerprint density at radius 1 is 1.12 bits per heavy atom. The highest BCUT2D eigenvalue weighted by molar-refractivity contribution is 6.05. The first-order chi connectivity index (χ1) is 15.3. The molecule has 32 heavy (non-hydrogen) atoms. The summed E-state index contributed by atoms with van der Waals surface area (Å²) in [5.74, 6) is -0.0716. The second-order valence-electron chi connectivity index (χ2n) is 8.12. The van der Waals surface area contributed by atoms with Crippen molar-refractivity contribution in [1.29, 1.82) is 0 Å². The number of nitrogens with zero attached hydrogens (tertiary/aromatic N) is 2. The van der Waals surface area contributed by atoms with Gasteiger partial charge in [0.1, 0.15) is 11.4 Å². The van der Waals surface area contributed by atoms with Gasteiger partial charge in [0.2, 0.25) is 5.91 Å². The van der Waals surface area contributed by atoms with Crippen molar-refractivity contribution in [2.75, 3.05) is 34.3 Å². The minimum absolute atomic E-state index is 0.0409. The highest BCUT2D eigenvalue weighted by atomic mass is 19.1. The van der Waals surface area contributed by atoms with Gasteiger partial charge in [-0.05, 0) is 35.8 Å². The number of fused-ring (bicyclic) bond motifs is 1. The number of rotatable bonds is 4. The molecule has 1 aliphatic rings. The first kappa shape index (κ1) is 21.6. The van der Waals surface area contributed by atoms with Crippen molar-refractivity contribution < 1.29 is 18.7 Å². The quantitative estimate of drug-likeness (QED) is 0.664. The fourth-order valence-corrected chi connectivity index (χ4v) is 4.15. The summed E-state index contributed by atoms with van der Waals surface area (Å²) in [4.78, 5) is 30.7. The molecule has 0 atom stereocenters. The first-order valence-corrected chi connectivity index (χ1v) is 10.5. The van der Waals surface area contributed by atoms with E-state index in [1.165, 1.54) is 11.8 Å². The third-order valence-corrected chi connectivity index (χ3v) is 5.83. The number of hydrogen-bond donors (Lipinski definition) is 1. The lowest BCUT2D eigenvalue weighted by molar-refractivity contribution is -0.128. The lowest BCUT2D eigenvalue weighted by Crippen LogP contribution is -2.33. The Kier molecular flexibility index (Phi) is 5.74. The molecule has 1 N–H and O–H groups in total. The van der Waals surface area contributed by atoms with Gasteiger partial charge in [-0.1, -0.05) is 24.3 Å². The Morgan fingerprint density at radius 3 is 2.56 bits per heavy atom. The summed E-state index contributed by atoms with van der Waals surface area (Å²) in [6.45, 7) is 2.48. The van der Waals surface area contributed by atoms with Crippen LogP contribution < -0.4 is 4.74 Å². The average molecular weight is 435 g/mol. The van der Waals surface area contributed by atoms with Crippen LogP contribution in [0.15, 0.2) is 42.5 Å². The second-order valence-corrected chi connectivity index (χ2v) is 8.12. The van der Waals surface area contributed by atoms with Crippen LogP contribution in [0.4, 0.5) is 4.39 Å². The number of aromatic nitrogens is 1. The zero-order valence-corrected chi connectivity index (χ0v) is 18.7. The van der Waals surface area contributed by atoms with Gasteiger partial charge in [0.25, 0.3) is 5.91 Å². The molecule has 1 aliphatic heterocycles. The summed E-state index contributed by atoms with van der Waals surface area (Å²) >= 11 is 0. The van der Waals surface area contributed by atoms with E-state index in [1.807, 2.05) is 30.3 Å². The Morgan fingerprint density at radius 2 is 1.88 bits per heavy atom. The minimum atomic E-state index is -0.437. The number of aromatic amines is 1. The normalized spacial score (nSPS) is 13.8. The maximum absolute atomic E-state index is 15.8. The molecule has 7 heteroatoms. The highest BCUT2D eigenvalue weighted by Crippen LogP contribution is 2.40. The molecule has 3 aromatic rings. The van der Waals surface area contributed by atoms with Crippen molar-refractivity contribution in [2.45, 2.75) is 13.3 Å². The number of hydrogen-bond acceptors (Lipinski definition) is 3. The Labute approximate surface area is 186 Å². The maximum Gasteiger partial charge on any atom is 0.269 e. The molecule has 0 saturated carbocycles. The molecule has 2 aromatic carbocycles. The Hall–Kier alpha value is -3.61. The SMILES string of the molecule is COc1ccccc1-c1cc(C2=CCCN(C(C)=O)C2)c(F)c2[nH]c(C(=O)N(C)C)cc12. The molecule has 166 valence electrons. The molecule has 6 nitrogen and oxygen atoms in total. The summed E-state index contributed by atoms with van der Waals surface area (Å²) in [6.07, 6.45) is 2.63. The smallest absolute Gasteiger partial charge is 0.269 e. The van der Waals surface area contributed by atoms with E-state index in [1.54, 1.807) is 38.2 Å². The second kappa shape index (κ2) is 8.49. The third-order valence-electron chi connectivity index (χ3n) is 5.83. The predicted octanol–water partition coefficient (Wildman–Crippen LogP) is 4.32. The largest absolute Gasteiger partial charge is 0.496 e. The van der Waals surface area contributed by atoms with Crippen molar-refractivity contribution in [1.82, 2.24) is 14.8 Å². The van der Waals surface area contributed by atoms with Crippen LogP contribution in [0.1, 0.15) is 29.4 Å². The molecule has 0 unspecified atom stereocenters. The van der Waals surface area contributed by atoms with Crippen molar-refractivity contribution >= 4 is 28.3 Å². The van der Waals surface area contributed by atoms with Gasteiger partial charge in [-0.3, -0.25) is 9.59 Å².